The molecular formula is C14H8O4S4-2. The van der Waals surface area contributed by atoms with E-state index in [1.54, 1.807) is 36.4 Å². The van der Waals surface area contributed by atoms with E-state index in [1.165, 1.54) is 53.4 Å². The molecule has 114 valence electrons. The molecule has 0 spiro atoms. The molecule has 4 nitrogen and oxygen atoms in total. The molecule has 0 aliphatic rings. The van der Waals surface area contributed by atoms with Crippen LogP contribution in [0, 0.1) is 0 Å². The summed E-state index contributed by atoms with van der Waals surface area (Å²) in [5, 5.41) is 22.0. The molecule has 0 N–H and O–H groups in total. The fourth-order valence-electron chi connectivity index (χ4n) is 1.52. The van der Waals surface area contributed by atoms with Gasteiger partial charge in [-0.2, -0.15) is 0 Å². The summed E-state index contributed by atoms with van der Waals surface area (Å²) >= 11 is 0. The Morgan fingerprint density at radius 3 is 1.41 bits per heavy atom. The van der Waals surface area contributed by atoms with Crippen LogP contribution in [0.1, 0.15) is 20.7 Å². The first-order valence-corrected chi connectivity index (χ1v) is 10.7. The van der Waals surface area contributed by atoms with Crippen molar-refractivity contribution in [1.29, 1.82) is 0 Å². The summed E-state index contributed by atoms with van der Waals surface area (Å²) in [5.41, 5.74) is 0.279. The molecule has 0 unspecified atom stereocenters. The molecule has 0 radical (unpaired) electrons. The van der Waals surface area contributed by atoms with E-state index in [4.69, 9.17) is 0 Å². The molecule has 8 heteroatoms. The second-order valence-corrected chi connectivity index (χ2v) is 9.62. The van der Waals surface area contributed by atoms with Gasteiger partial charge in [0.25, 0.3) is 0 Å². The summed E-state index contributed by atoms with van der Waals surface area (Å²) in [5.74, 6) is -2.44. The fourth-order valence-corrected chi connectivity index (χ4v) is 7.27. The van der Waals surface area contributed by atoms with E-state index >= 15 is 0 Å². The number of benzene rings is 2. The zero-order valence-corrected chi connectivity index (χ0v) is 14.2. The van der Waals surface area contributed by atoms with Gasteiger partial charge in [0.15, 0.2) is 0 Å². The van der Waals surface area contributed by atoms with Crippen molar-refractivity contribution in [2.24, 2.45) is 0 Å². The average molecular weight is 368 g/mol. The van der Waals surface area contributed by atoms with E-state index in [-0.39, 0.29) is 11.1 Å². The molecule has 0 fully saturated rings. The second-order valence-electron chi connectivity index (χ2n) is 3.87. The number of hydrogen-bond donors (Lipinski definition) is 0. The SMILES string of the molecule is O=C([O-])c1ccccc1SSSSc1ccccc1C(=O)[O-]. The molecule has 0 atom stereocenters. The van der Waals surface area contributed by atoms with Crippen LogP contribution in [0.5, 0.6) is 0 Å². The Kier molecular flexibility index (Phi) is 6.56. The maximum absolute atomic E-state index is 11.0. The van der Waals surface area contributed by atoms with E-state index in [2.05, 4.69) is 0 Å². The van der Waals surface area contributed by atoms with Gasteiger partial charge in [0, 0.05) is 20.9 Å². The topological polar surface area (TPSA) is 80.3 Å². The van der Waals surface area contributed by atoms with Crippen LogP contribution in [0.3, 0.4) is 0 Å². The predicted molar refractivity (Wildman–Crippen MR) is 88.4 cm³/mol. The van der Waals surface area contributed by atoms with Gasteiger partial charge in [0.1, 0.15) is 0 Å². The van der Waals surface area contributed by atoms with Gasteiger partial charge in [0.05, 0.1) is 11.9 Å². The van der Waals surface area contributed by atoms with Gasteiger partial charge in [-0.1, -0.05) is 36.4 Å². The lowest BCUT2D eigenvalue weighted by molar-refractivity contribution is -0.256. The van der Waals surface area contributed by atoms with E-state index in [0.717, 1.165) is 0 Å². The van der Waals surface area contributed by atoms with Crippen molar-refractivity contribution in [2.45, 2.75) is 9.79 Å². The highest BCUT2D eigenvalue weighted by Crippen LogP contribution is 2.50. The van der Waals surface area contributed by atoms with E-state index in [9.17, 15) is 19.8 Å². The average Bonchev–Trinajstić information content (AvgIpc) is 2.52. The molecule has 0 heterocycles. The smallest absolute Gasteiger partial charge is 0.0726 e. The minimum atomic E-state index is -1.22. The van der Waals surface area contributed by atoms with Crippen LogP contribution in [0.15, 0.2) is 58.3 Å². The molecule has 0 bridgehead atoms. The first-order chi connectivity index (χ1) is 10.6. The van der Waals surface area contributed by atoms with Crippen molar-refractivity contribution < 1.29 is 19.8 Å². The number of carbonyl (C=O) groups excluding carboxylic acids is 2. The quantitative estimate of drug-likeness (QED) is 0.545. The molecule has 2 rings (SSSR count). The van der Waals surface area contributed by atoms with Crippen molar-refractivity contribution >= 4 is 53.2 Å². The molecule has 2 aromatic rings. The molecular weight excluding hydrogens is 360 g/mol. The number of hydrogen-bond acceptors (Lipinski definition) is 8. The predicted octanol–water partition coefficient (Wildman–Crippen LogP) is 2.51. The molecule has 0 saturated carbocycles. The van der Waals surface area contributed by atoms with Crippen LogP contribution in [-0.4, -0.2) is 11.9 Å². The Morgan fingerprint density at radius 2 is 1.05 bits per heavy atom. The number of carbonyl (C=O) groups is 2. The Hall–Kier alpha value is -1.22. The van der Waals surface area contributed by atoms with Crippen LogP contribution >= 0.6 is 41.2 Å². The summed E-state index contributed by atoms with van der Waals surface area (Å²) in [4.78, 5) is 23.1. The number of carboxylic acid groups (broad SMARTS) is 2. The summed E-state index contributed by atoms with van der Waals surface area (Å²) in [6.07, 6.45) is 0. The van der Waals surface area contributed by atoms with Crippen LogP contribution in [0.25, 0.3) is 0 Å². The van der Waals surface area contributed by atoms with Crippen LogP contribution in [0.4, 0.5) is 0 Å². The normalized spacial score (nSPS) is 10.4. The Balaban J connectivity index is 1.93. The summed E-state index contributed by atoms with van der Waals surface area (Å²) in [7, 11) is 5.26. The molecule has 22 heavy (non-hydrogen) atoms. The lowest BCUT2D eigenvalue weighted by Crippen LogP contribution is -2.22. The maximum Gasteiger partial charge on any atom is 0.0726 e. The molecule has 0 amide bonds. The maximum atomic E-state index is 11.0. The van der Waals surface area contributed by atoms with E-state index in [1.807, 2.05) is 0 Å². The van der Waals surface area contributed by atoms with Gasteiger partial charge in [-0.15, -0.1) is 0 Å². The molecule has 0 aromatic heterocycles. The number of carboxylic acids is 2. The summed E-state index contributed by atoms with van der Waals surface area (Å²) < 4.78 is 0. The first kappa shape index (κ1) is 17.1. The molecule has 0 aliphatic heterocycles. The molecule has 0 aliphatic carbocycles. The van der Waals surface area contributed by atoms with Crippen molar-refractivity contribution in [3.63, 3.8) is 0 Å². The zero-order chi connectivity index (χ0) is 15.9. The zero-order valence-electron chi connectivity index (χ0n) is 10.9. The van der Waals surface area contributed by atoms with Gasteiger partial charge in [-0.05, 0) is 53.4 Å². The van der Waals surface area contributed by atoms with Gasteiger partial charge < -0.3 is 19.8 Å². The third-order valence-corrected chi connectivity index (χ3v) is 8.63. The standard InChI is InChI=1S/C14H10O4S4/c15-13(16)9-5-1-3-7-11(9)19-21-22-20-12-8-4-2-6-10(12)14(17)18/h1-8H,(H,15,16)(H,17,18)/p-2. The minimum absolute atomic E-state index is 0.140. The van der Waals surface area contributed by atoms with E-state index < -0.39 is 11.9 Å². The van der Waals surface area contributed by atoms with Crippen LogP contribution < -0.4 is 10.2 Å². The van der Waals surface area contributed by atoms with Crippen molar-refractivity contribution in [3.05, 3.63) is 59.7 Å². The van der Waals surface area contributed by atoms with Crippen molar-refractivity contribution in [2.75, 3.05) is 0 Å². The third-order valence-electron chi connectivity index (χ3n) is 2.49. The monoisotopic (exact) mass is 368 g/mol. The van der Waals surface area contributed by atoms with Crippen LogP contribution in [0.2, 0.25) is 0 Å². The molecule has 2 aromatic carbocycles. The lowest BCUT2D eigenvalue weighted by Gasteiger charge is -2.10. The number of rotatable bonds is 7. The third kappa shape index (κ3) is 4.64. The highest BCUT2D eigenvalue weighted by atomic mass is 33.7. The summed E-state index contributed by atoms with van der Waals surface area (Å²) in [6.45, 7) is 0. The van der Waals surface area contributed by atoms with Gasteiger partial charge in [-0.3, -0.25) is 0 Å². The van der Waals surface area contributed by atoms with E-state index in [0.29, 0.717) is 9.79 Å². The minimum Gasteiger partial charge on any atom is -0.545 e. The summed E-state index contributed by atoms with van der Waals surface area (Å²) in [6, 6.07) is 13.1. The fraction of sp³-hybridized carbons (Fsp3) is 0. The largest absolute Gasteiger partial charge is 0.545 e. The van der Waals surface area contributed by atoms with Crippen LogP contribution in [-0.2, 0) is 0 Å². The molecule has 0 saturated heterocycles. The Morgan fingerprint density at radius 1 is 0.682 bits per heavy atom. The second kappa shape index (κ2) is 8.42. The Bertz CT molecular complexity index is 631. The lowest BCUT2D eigenvalue weighted by atomic mass is 10.2. The first-order valence-electron chi connectivity index (χ1n) is 5.88. The van der Waals surface area contributed by atoms with Gasteiger partial charge in [-0.25, -0.2) is 0 Å². The van der Waals surface area contributed by atoms with Gasteiger partial charge >= 0.3 is 0 Å². The van der Waals surface area contributed by atoms with Crippen molar-refractivity contribution in [1.82, 2.24) is 0 Å². The highest BCUT2D eigenvalue weighted by molar-refractivity contribution is 9.26. The van der Waals surface area contributed by atoms with Crippen molar-refractivity contribution in [3.8, 4) is 0 Å². The highest BCUT2D eigenvalue weighted by Gasteiger charge is 2.07. The Labute approximate surface area is 142 Å². The number of aromatic carboxylic acids is 2. The van der Waals surface area contributed by atoms with Gasteiger partial charge in [0.2, 0.25) is 0 Å².